The summed E-state index contributed by atoms with van der Waals surface area (Å²) in [5.74, 6) is 0. The van der Waals surface area contributed by atoms with Crippen LogP contribution < -0.4 is 5.69 Å². The molecule has 7 nitrogen and oxygen atoms in total. The lowest BCUT2D eigenvalue weighted by atomic mass is 10.1. The Morgan fingerprint density at radius 3 is 2.67 bits per heavy atom. The minimum atomic E-state index is -0.437. The second kappa shape index (κ2) is 5.06. The Kier molecular flexibility index (Phi) is 3.22. The molecular formula is C13H10N4O3S. The third-order valence-corrected chi connectivity index (χ3v) is 4.21. The summed E-state index contributed by atoms with van der Waals surface area (Å²) in [6, 6.07) is 6.29. The summed E-state index contributed by atoms with van der Waals surface area (Å²) in [5, 5.41) is 19.9. The molecule has 0 atom stereocenters. The second-order valence-electron chi connectivity index (χ2n) is 4.54. The summed E-state index contributed by atoms with van der Waals surface area (Å²) >= 11 is 1.43. The van der Waals surface area contributed by atoms with Crippen molar-refractivity contribution in [2.24, 2.45) is 0 Å². The van der Waals surface area contributed by atoms with Gasteiger partial charge in [-0.2, -0.15) is 0 Å². The van der Waals surface area contributed by atoms with Crippen molar-refractivity contribution in [3.8, 4) is 0 Å². The molecule has 3 rings (SSSR count). The zero-order chi connectivity index (χ0) is 15.0. The Bertz CT molecular complexity index is 883. The van der Waals surface area contributed by atoms with Crippen LogP contribution in [-0.4, -0.2) is 19.5 Å². The Morgan fingerprint density at radius 2 is 2.00 bits per heavy atom. The van der Waals surface area contributed by atoms with Crippen LogP contribution >= 0.6 is 11.3 Å². The number of fused-ring (bicyclic) bond motifs is 1. The highest BCUT2D eigenvalue weighted by Gasteiger charge is 2.11. The fraction of sp³-hybridized carbons (Fsp3) is 0.154. The van der Waals surface area contributed by atoms with Crippen LogP contribution in [0.3, 0.4) is 0 Å². The maximum atomic E-state index is 11.9. The van der Waals surface area contributed by atoms with Crippen LogP contribution in [0.5, 0.6) is 0 Å². The third-order valence-electron chi connectivity index (χ3n) is 3.12. The lowest BCUT2D eigenvalue weighted by Crippen LogP contribution is -2.20. The van der Waals surface area contributed by atoms with Gasteiger partial charge < -0.3 is 0 Å². The van der Waals surface area contributed by atoms with Gasteiger partial charge in [0, 0.05) is 29.6 Å². The van der Waals surface area contributed by atoms with Crippen molar-refractivity contribution in [3.05, 3.63) is 67.2 Å². The molecule has 8 heteroatoms. The molecule has 0 bridgehead atoms. The molecule has 0 N–H and O–H groups in total. The van der Waals surface area contributed by atoms with Crippen LogP contribution in [0.2, 0.25) is 0 Å². The quantitative estimate of drug-likeness (QED) is 0.545. The number of benzene rings is 1. The number of aromatic nitrogens is 3. The first-order chi connectivity index (χ1) is 10.1. The number of nitro benzene ring substituents is 1. The molecule has 0 unspecified atom stereocenters. The van der Waals surface area contributed by atoms with Gasteiger partial charge >= 0.3 is 5.69 Å². The molecule has 0 spiro atoms. The number of hydrogen-bond acceptors (Lipinski definition) is 6. The molecule has 3 aromatic rings. The summed E-state index contributed by atoms with van der Waals surface area (Å²) in [7, 11) is 0. The first-order valence-corrected chi connectivity index (χ1v) is 7.00. The number of nitrogens with zero attached hydrogens (tertiary/aromatic N) is 4. The number of nitro groups is 1. The van der Waals surface area contributed by atoms with Gasteiger partial charge in [-0.3, -0.25) is 14.5 Å². The Morgan fingerprint density at radius 1 is 1.29 bits per heavy atom. The number of thiazole rings is 1. The fourth-order valence-corrected chi connectivity index (χ4v) is 3.04. The van der Waals surface area contributed by atoms with Crippen molar-refractivity contribution in [3.63, 3.8) is 0 Å². The SMILES string of the molecule is Cc1nnc(=O)n2c(Cc3ccc([N+](=O)[O-])cc3)csc12. The Labute approximate surface area is 122 Å². The normalized spacial score (nSPS) is 10.9. The molecule has 106 valence electrons. The Balaban J connectivity index is 2.00. The summed E-state index contributed by atoms with van der Waals surface area (Å²) in [6.07, 6.45) is 0.503. The number of hydrogen-bond donors (Lipinski definition) is 0. The van der Waals surface area contributed by atoms with Crippen molar-refractivity contribution >= 4 is 21.9 Å². The third kappa shape index (κ3) is 2.40. The van der Waals surface area contributed by atoms with E-state index in [4.69, 9.17) is 0 Å². The van der Waals surface area contributed by atoms with Gasteiger partial charge in [0.25, 0.3) is 5.69 Å². The zero-order valence-electron chi connectivity index (χ0n) is 11.0. The van der Waals surface area contributed by atoms with Crippen molar-refractivity contribution in [2.45, 2.75) is 13.3 Å². The molecule has 0 saturated carbocycles. The van der Waals surface area contributed by atoms with E-state index in [1.807, 2.05) is 5.38 Å². The van der Waals surface area contributed by atoms with Crippen molar-refractivity contribution < 1.29 is 4.92 Å². The smallest absolute Gasteiger partial charge is 0.258 e. The minimum absolute atomic E-state index is 0.0489. The molecule has 0 fully saturated rings. The van der Waals surface area contributed by atoms with E-state index in [9.17, 15) is 14.9 Å². The van der Waals surface area contributed by atoms with Crippen molar-refractivity contribution in [2.75, 3.05) is 0 Å². The first kappa shape index (κ1) is 13.4. The number of aryl methyl sites for hydroxylation is 1. The molecule has 0 saturated heterocycles. The Hall–Kier alpha value is -2.61. The number of rotatable bonds is 3. The highest BCUT2D eigenvalue weighted by atomic mass is 32.1. The second-order valence-corrected chi connectivity index (χ2v) is 5.39. The van der Waals surface area contributed by atoms with Gasteiger partial charge in [-0.05, 0) is 12.5 Å². The largest absolute Gasteiger partial charge is 0.371 e. The van der Waals surface area contributed by atoms with E-state index in [0.717, 1.165) is 16.1 Å². The first-order valence-electron chi connectivity index (χ1n) is 6.12. The van der Waals surface area contributed by atoms with Crippen LogP contribution in [0.15, 0.2) is 34.4 Å². The molecule has 0 radical (unpaired) electrons. The van der Waals surface area contributed by atoms with Gasteiger partial charge in [0.2, 0.25) is 0 Å². The summed E-state index contributed by atoms with van der Waals surface area (Å²) < 4.78 is 1.54. The lowest BCUT2D eigenvalue weighted by molar-refractivity contribution is -0.384. The average Bonchev–Trinajstić information content (AvgIpc) is 2.89. The lowest BCUT2D eigenvalue weighted by Gasteiger charge is -2.02. The van der Waals surface area contributed by atoms with Crippen LogP contribution in [0.25, 0.3) is 4.83 Å². The minimum Gasteiger partial charge on any atom is -0.258 e. The van der Waals surface area contributed by atoms with E-state index in [2.05, 4.69) is 10.2 Å². The molecule has 2 heterocycles. The van der Waals surface area contributed by atoms with Crippen LogP contribution in [0, 0.1) is 17.0 Å². The van der Waals surface area contributed by atoms with E-state index < -0.39 is 10.6 Å². The molecule has 1 aromatic carbocycles. The van der Waals surface area contributed by atoms with E-state index in [1.165, 1.54) is 27.9 Å². The van der Waals surface area contributed by atoms with Crippen LogP contribution in [-0.2, 0) is 6.42 Å². The van der Waals surface area contributed by atoms with Gasteiger partial charge in [-0.15, -0.1) is 16.4 Å². The average molecular weight is 302 g/mol. The predicted octanol–water partition coefficient (Wildman–Crippen LogP) is 1.96. The molecule has 2 aromatic heterocycles. The van der Waals surface area contributed by atoms with Crippen LogP contribution in [0.1, 0.15) is 17.0 Å². The summed E-state index contributed by atoms with van der Waals surface area (Å²) in [5.41, 5.74) is 2.03. The van der Waals surface area contributed by atoms with Gasteiger partial charge in [-0.1, -0.05) is 17.2 Å². The maximum Gasteiger partial charge on any atom is 0.371 e. The summed E-state index contributed by atoms with van der Waals surface area (Å²) in [4.78, 5) is 22.8. The van der Waals surface area contributed by atoms with Gasteiger partial charge in [-0.25, -0.2) is 4.79 Å². The number of non-ortho nitro benzene ring substituents is 1. The van der Waals surface area contributed by atoms with Gasteiger partial charge in [0.1, 0.15) is 4.83 Å². The van der Waals surface area contributed by atoms with E-state index >= 15 is 0 Å². The predicted molar refractivity (Wildman–Crippen MR) is 77.8 cm³/mol. The standard InChI is InChI=1S/C13H10N4O3S/c1-8-12-16(13(18)15-14-8)11(7-21-12)6-9-2-4-10(5-3-9)17(19)20/h2-5,7H,6H2,1H3. The van der Waals surface area contributed by atoms with E-state index in [0.29, 0.717) is 12.1 Å². The van der Waals surface area contributed by atoms with Crippen molar-refractivity contribution in [1.29, 1.82) is 0 Å². The molecule has 21 heavy (non-hydrogen) atoms. The molecule has 0 aliphatic carbocycles. The van der Waals surface area contributed by atoms with Gasteiger partial charge in [0.05, 0.1) is 10.6 Å². The zero-order valence-corrected chi connectivity index (χ0v) is 11.8. The monoisotopic (exact) mass is 302 g/mol. The highest BCUT2D eigenvalue weighted by molar-refractivity contribution is 7.15. The molecule has 0 aliphatic rings. The van der Waals surface area contributed by atoms with Gasteiger partial charge in [0.15, 0.2) is 0 Å². The maximum absolute atomic E-state index is 11.9. The molecule has 0 amide bonds. The van der Waals surface area contributed by atoms with E-state index in [-0.39, 0.29) is 5.69 Å². The fourth-order valence-electron chi connectivity index (χ4n) is 2.09. The molecule has 0 aliphatic heterocycles. The van der Waals surface area contributed by atoms with Crippen molar-refractivity contribution in [1.82, 2.24) is 14.6 Å². The topological polar surface area (TPSA) is 90.4 Å². The van der Waals surface area contributed by atoms with Crippen LogP contribution in [0.4, 0.5) is 5.69 Å². The highest BCUT2D eigenvalue weighted by Crippen LogP contribution is 2.20. The summed E-state index contributed by atoms with van der Waals surface area (Å²) in [6.45, 7) is 1.80. The molecular weight excluding hydrogens is 292 g/mol. The van der Waals surface area contributed by atoms with E-state index in [1.54, 1.807) is 19.1 Å².